The highest BCUT2D eigenvalue weighted by atomic mass is 35.5. The predicted octanol–water partition coefficient (Wildman–Crippen LogP) is 2.55. The average molecular weight is 313 g/mol. The van der Waals surface area contributed by atoms with Crippen LogP contribution in [-0.4, -0.2) is 27.6 Å². The number of aryl methyl sites for hydroxylation is 2. The molecule has 0 unspecified atom stereocenters. The maximum absolute atomic E-state index is 12.5. The summed E-state index contributed by atoms with van der Waals surface area (Å²) in [5, 5.41) is 4.27. The Kier molecular flexibility index (Phi) is 4.35. The van der Waals surface area contributed by atoms with E-state index in [0.717, 1.165) is 10.6 Å². The number of nitrogens with two attached hydrogens (primary N) is 1. The van der Waals surface area contributed by atoms with Crippen LogP contribution in [0.1, 0.15) is 28.0 Å². The molecule has 0 saturated heterocycles. The quantitative estimate of drug-likeness (QED) is 0.943. The van der Waals surface area contributed by atoms with Gasteiger partial charge in [-0.1, -0.05) is 18.5 Å². The van der Waals surface area contributed by atoms with Crippen LogP contribution in [0.4, 0.5) is 5.69 Å². The Morgan fingerprint density at radius 1 is 1.55 bits per heavy atom. The molecule has 2 rings (SSSR count). The molecule has 0 saturated carbocycles. The molecule has 0 aliphatic carbocycles. The Morgan fingerprint density at radius 3 is 2.75 bits per heavy atom. The molecular formula is C13H17ClN4OS. The number of hydrogen-bond acceptors (Lipinski definition) is 4. The summed E-state index contributed by atoms with van der Waals surface area (Å²) in [6.45, 7) is 2.46. The topological polar surface area (TPSA) is 64.2 Å². The second kappa shape index (κ2) is 5.85. The van der Waals surface area contributed by atoms with Gasteiger partial charge in [0.05, 0.1) is 22.3 Å². The van der Waals surface area contributed by atoms with Crippen LogP contribution in [0.25, 0.3) is 0 Å². The monoisotopic (exact) mass is 312 g/mol. The highest BCUT2D eigenvalue weighted by Gasteiger charge is 2.22. The van der Waals surface area contributed by atoms with Crippen LogP contribution in [0.3, 0.4) is 0 Å². The zero-order valence-electron chi connectivity index (χ0n) is 11.7. The highest BCUT2D eigenvalue weighted by molar-refractivity contribution is 7.16. The number of thiophene rings is 1. The van der Waals surface area contributed by atoms with E-state index in [1.165, 1.54) is 11.3 Å². The highest BCUT2D eigenvalue weighted by Crippen LogP contribution is 2.24. The maximum Gasteiger partial charge on any atom is 0.274 e. The minimum Gasteiger partial charge on any atom is -0.395 e. The van der Waals surface area contributed by atoms with Crippen molar-refractivity contribution in [1.29, 1.82) is 0 Å². The van der Waals surface area contributed by atoms with E-state index in [4.69, 9.17) is 17.3 Å². The van der Waals surface area contributed by atoms with Gasteiger partial charge in [-0.15, -0.1) is 11.3 Å². The van der Waals surface area contributed by atoms with Crippen molar-refractivity contribution in [2.24, 2.45) is 7.05 Å². The molecule has 0 bridgehead atoms. The van der Waals surface area contributed by atoms with Crippen LogP contribution in [0, 0.1) is 0 Å². The summed E-state index contributed by atoms with van der Waals surface area (Å²) >= 11 is 7.36. The molecule has 0 fully saturated rings. The van der Waals surface area contributed by atoms with Crippen molar-refractivity contribution in [2.75, 3.05) is 12.8 Å². The molecule has 108 valence electrons. The fourth-order valence-electron chi connectivity index (χ4n) is 2.03. The number of rotatable bonds is 4. The molecule has 0 spiro atoms. The molecule has 0 radical (unpaired) electrons. The lowest BCUT2D eigenvalue weighted by Crippen LogP contribution is -2.28. The smallest absolute Gasteiger partial charge is 0.274 e. The maximum atomic E-state index is 12.5. The molecule has 0 aliphatic heterocycles. The summed E-state index contributed by atoms with van der Waals surface area (Å²) in [4.78, 5) is 15.1. The molecule has 2 N–H and O–H groups in total. The van der Waals surface area contributed by atoms with Crippen molar-refractivity contribution in [2.45, 2.75) is 19.9 Å². The van der Waals surface area contributed by atoms with Gasteiger partial charge in [-0.2, -0.15) is 5.10 Å². The molecule has 7 heteroatoms. The predicted molar refractivity (Wildman–Crippen MR) is 82.1 cm³/mol. The number of carbonyl (C=O) groups excluding carboxylic acids is 1. The third-order valence-electron chi connectivity index (χ3n) is 3.07. The number of nitrogens with zero attached hydrogens (tertiary/aromatic N) is 3. The fourth-order valence-corrected chi connectivity index (χ4v) is 3.17. The van der Waals surface area contributed by atoms with Gasteiger partial charge in [0, 0.05) is 19.0 Å². The second-order valence-electron chi connectivity index (χ2n) is 4.55. The zero-order chi connectivity index (χ0) is 14.9. The van der Waals surface area contributed by atoms with Gasteiger partial charge in [-0.25, -0.2) is 0 Å². The lowest BCUT2D eigenvalue weighted by Gasteiger charge is -2.16. The third-order valence-corrected chi connectivity index (χ3v) is 4.28. The number of anilines is 1. The number of aromatic nitrogens is 2. The zero-order valence-corrected chi connectivity index (χ0v) is 13.3. The molecule has 0 aliphatic rings. The summed E-state index contributed by atoms with van der Waals surface area (Å²) in [5.41, 5.74) is 7.66. The Balaban J connectivity index is 2.20. The minimum absolute atomic E-state index is 0.137. The largest absolute Gasteiger partial charge is 0.395 e. The van der Waals surface area contributed by atoms with Gasteiger partial charge < -0.3 is 10.6 Å². The molecule has 0 atom stereocenters. The van der Waals surface area contributed by atoms with Crippen LogP contribution in [-0.2, 0) is 20.0 Å². The molecule has 2 heterocycles. The van der Waals surface area contributed by atoms with E-state index in [0.29, 0.717) is 28.7 Å². The van der Waals surface area contributed by atoms with Gasteiger partial charge >= 0.3 is 0 Å². The summed E-state index contributed by atoms with van der Waals surface area (Å²) in [6, 6.07) is 3.74. The first kappa shape index (κ1) is 14.9. The number of nitrogen functional groups attached to an aromatic ring is 1. The van der Waals surface area contributed by atoms with Crippen molar-refractivity contribution in [3.8, 4) is 0 Å². The van der Waals surface area contributed by atoms with Crippen molar-refractivity contribution in [1.82, 2.24) is 14.7 Å². The van der Waals surface area contributed by atoms with Crippen LogP contribution in [0.15, 0.2) is 12.1 Å². The Labute approximate surface area is 126 Å². The van der Waals surface area contributed by atoms with Gasteiger partial charge in [-0.05, 0) is 18.6 Å². The lowest BCUT2D eigenvalue weighted by molar-refractivity contribution is 0.0776. The first-order chi connectivity index (χ1) is 9.43. The van der Waals surface area contributed by atoms with E-state index in [-0.39, 0.29) is 5.91 Å². The number of carbonyl (C=O) groups is 1. The van der Waals surface area contributed by atoms with Crippen molar-refractivity contribution in [3.05, 3.63) is 32.7 Å². The number of hydrogen-bond donors (Lipinski definition) is 1. The SMILES string of the molecule is CCc1nn(C)c(C(=O)N(C)Cc2ccc(Cl)s2)c1N. The van der Waals surface area contributed by atoms with Crippen molar-refractivity contribution >= 4 is 34.5 Å². The fraction of sp³-hybridized carbons (Fsp3) is 0.385. The van der Waals surface area contributed by atoms with Gasteiger partial charge in [0.15, 0.2) is 0 Å². The number of halogens is 1. The molecule has 0 aromatic carbocycles. The van der Waals surface area contributed by atoms with Crippen LogP contribution < -0.4 is 5.73 Å². The minimum atomic E-state index is -0.137. The first-order valence-electron chi connectivity index (χ1n) is 6.25. The molecular weight excluding hydrogens is 296 g/mol. The van der Waals surface area contributed by atoms with E-state index in [2.05, 4.69) is 5.10 Å². The van der Waals surface area contributed by atoms with E-state index in [1.807, 2.05) is 19.1 Å². The first-order valence-corrected chi connectivity index (χ1v) is 7.44. The summed E-state index contributed by atoms with van der Waals surface area (Å²) in [7, 11) is 3.48. The number of amides is 1. The van der Waals surface area contributed by atoms with E-state index in [9.17, 15) is 4.79 Å². The van der Waals surface area contributed by atoms with Crippen LogP contribution in [0.2, 0.25) is 4.34 Å². The molecule has 1 amide bonds. The summed E-state index contributed by atoms with van der Waals surface area (Å²) in [6.07, 6.45) is 0.706. The summed E-state index contributed by atoms with van der Waals surface area (Å²) < 4.78 is 2.27. The van der Waals surface area contributed by atoms with E-state index in [1.54, 1.807) is 23.7 Å². The van der Waals surface area contributed by atoms with Gasteiger partial charge in [0.2, 0.25) is 0 Å². The average Bonchev–Trinajstić information content (AvgIpc) is 2.92. The van der Waals surface area contributed by atoms with Crippen molar-refractivity contribution < 1.29 is 4.79 Å². The standard InChI is InChI=1S/C13H17ClN4OS/c1-4-9-11(15)12(18(3)16-9)13(19)17(2)7-8-5-6-10(14)20-8/h5-6H,4,7,15H2,1-3H3. The normalized spacial score (nSPS) is 10.8. The van der Waals surface area contributed by atoms with Crippen LogP contribution >= 0.6 is 22.9 Å². The molecule has 5 nitrogen and oxygen atoms in total. The van der Waals surface area contributed by atoms with Gasteiger partial charge in [-0.3, -0.25) is 9.48 Å². The summed E-state index contributed by atoms with van der Waals surface area (Å²) in [5.74, 6) is -0.137. The lowest BCUT2D eigenvalue weighted by atomic mass is 10.2. The Bertz CT molecular complexity index is 634. The molecule has 2 aromatic heterocycles. The Hall–Kier alpha value is -1.53. The molecule has 20 heavy (non-hydrogen) atoms. The Morgan fingerprint density at radius 2 is 2.25 bits per heavy atom. The van der Waals surface area contributed by atoms with Gasteiger partial charge in [0.1, 0.15) is 5.69 Å². The molecule has 2 aromatic rings. The van der Waals surface area contributed by atoms with Gasteiger partial charge in [0.25, 0.3) is 5.91 Å². The van der Waals surface area contributed by atoms with Crippen molar-refractivity contribution in [3.63, 3.8) is 0 Å². The van der Waals surface area contributed by atoms with E-state index >= 15 is 0 Å². The van der Waals surface area contributed by atoms with E-state index < -0.39 is 0 Å². The third kappa shape index (κ3) is 2.81. The van der Waals surface area contributed by atoms with Crippen LogP contribution in [0.5, 0.6) is 0 Å². The second-order valence-corrected chi connectivity index (χ2v) is 6.35.